The van der Waals surface area contributed by atoms with Crippen LogP contribution in [-0.2, 0) is 0 Å². The number of hydrogen-bond donors (Lipinski definition) is 0. The van der Waals surface area contributed by atoms with Crippen LogP contribution >= 0.6 is 15.9 Å². The molecule has 1 rings (SSSR count). The summed E-state index contributed by atoms with van der Waals surface area (Å²) in [4.78, 5) is 13.7. The second kappa shape index (κ2) is 5.91. The Bertz CT molecular complexity index is 336. The molecule has 2 nitrogen and oxygen atoms in total. The van der Waals surface area contributed by atoms with E-state index >= 15 is 0 Å². The third kappa shape index (κ3) is 3.67. The Kier molecular flexibility index (Phi) is 4.82. The molecule has 0 unspecified atom stereocenters. The van der Waals surface area contributed by atoms with Gasteiger partial charge in [0.25, 0.3) is 0 Å². The fourth-order valence-corrected chi connectivity index (χ4v) is 1.61. The first-order valence-electron chi connectivity index (χ1n) is 5.01. The summed E-state index contributed by atoms with van der Waals surface area (Å²) in [5.74, 6) is 0.221. The van der Waals surface area contributed by atoms with Gasteiger partial charge in [0.15, 0.2) is 5.78 Å². The monoisotopic (exact) mass is 269 g/mol. The third-order valence-electron chi connectivity index (χ3n) is 2.22. The maximum Gasteiger partial charge on any atom is 0.162 e. The second-order valence-electron chi connectivity index (χ2n) is 3.66. The molecule has 0 fully saturated rings. The predicted molar refractivity (Wildman–Crippen MR) is 68.1 cm³/mol. The Morgan fingerprint density at radius 3 is 2.73 bits per heavy atom. The molecule has 0 N–H and O–H groups in total. The number of anilines is 1. The molecule has 0 bridgehead atoms. The Labute approximate surface area is 99.4 Å². The van der Waals surface area contributed by atoms with E-state index in [0.717, 1.165) is 23.0 Å². The number of Topliss-reactive ketones (excluding diaryl/α,β-unsaturated/α-hetero) is 1. The molecular formula is C12H16BrNO. The molecule has 1 aromatic rings. The van der Waals surface area contributed by atoms with Gasteiger partial charge in [-0.2, -0.15) is 0 Å². The Morgan fingerprint density at radius 1 is 1.40 bits per heavy atom. The molecule has 0 spiro atoms. The largest absolute Gasteiger partial charge is 0.378 e. The molecule has 0 amide bonds. The number of hydrogen-bond acceptors (Lipinski definition) is 2. The van der Waals surface area contributed by atoms with Crippen molar-refractivity contribution >= 4 is 27.4 Å². The minimum Gasteiger partial charge on any atom is -0.378 e. The zero-order valence-electron chi connectivity index (χ0n) is 9.16. The number of carbonyl (C=O) groups is 1. The average Bonchev–Trinajstić information content (AvgIpc) is 2.26. The van der Waals surface area contributed by atoms with Gasteiger partial charge in [-0.3, -0.25) is 4.79 Å². The number of nitrogens with zero attached hydrogens (tertiary/aromatic N) is 1. The van der Waals surface area contributed by atoms with E-state index in [1.54, 1.807) is 0 Å². The fraction of sp³-hybridized carbons (Fsp3) is 0.417. The van der Waals surface area contributed by atoms with Crippen LogP contribution in [-0.4, -0.2) is 25.2 Å². The van der Waals surface area contributed by atoms with Crippen molar-refractivity contribution in [3.05, 3.63) is 29.8 Å². The summed E-state index contributed by atoms with van der Waals surface area (Å²) in [5.41, 5.74) is 1.88. The predicted octanol–water partition coefficient (Wildman–Crippen LogP) is 3.11. The van der Waals surface area contributed by atoms with Crippen molar-refractivity contribution in [2.24, 2.45) is 0 Å². The highest BCUT2D eigenvalue weighted by Gasteiger charge is 2.06. The molecule has 0 radical (unpaired) electrons. The second-order valence-corrected chi connectivity index (χ2v) is 4.45. The molecule has 0 heterocycles. The summed E-state index contributed by atoms with van der Waals surface area (Å²) < 4.78 is 0. The molecule has 0 aliphatic rings. The van der Waals surface area contributed by atoms with Gasteiger partial charge in [-0.15, -0.1) is 0 Å². The van der Waals surface area contributed by atoms with E-state index in [2.05, 4.69) is 15.9 Å². The zero-order chi connectivity index (χ0) is 11.3. The van der Waals surface area contributed by atoms with E-state index in [9.17, 15) is 4.79 Å². The minimum atomic E-state index is 0.221. The van der Waals surface area contributed by atoms with E-state index in [-0.39, 0.29) is 5.78 Å². The summed E-state index contributed by atoms with van der Waals surface area (Å²) in [5, 5.41) is 0.881. The average molecular weight is 270 g/mol. The van der Waals surface area contributed by atoms with Crippen molar-refractivity contribution in [3.63, 3.8) is 0 Å². The third-order valence-corrected chi connectivity index (χ3v) is 2.78. The highest BCUT2D eigenvalue weighted by Crippen LogP contribution is 2.15. The van der Waals surface area contributed by atoms with Gasteiger partial charge in [-0.25, -0.2) is 0 Å². The first kappa shape index (κ1) is 12.2. The molecule has 0 aromatic heterocycles. The van der Waals surface area contributed by atoms with Gasteiger partial charge in [0, 0.05) is 37.1 Å². The van der Waals surface area contributed by atoms with Crippen LogP contribution in [0.3, 0.4) is 0 Å². The van der Waals surface area contributed by atoms with Crippen molar-refractivity contribution in [3.8, 4) is 0 Å². The van der Waals surface area contributed by atoms with Gasteiger partial charge < -0.3 is 4.90 Å². The summed E-state index contributed by atoms with van der Waals surface area (Å²) in [7, 11) is 3.95. The van der Waals surface area contributed by atoms with Gasteiger partial charge in [-0.1, -0.05) is 28.1 Å². The number of rotatable bonds is 5. The van der Waals surface area contributed by atoms with Crippen LogP contribution in [0.25, 0.3) is 0 Å². The topological polar surface area (TPSA) is 20.3 Å². The number of ketones is 1. The summed E-state index contributed by atoms with van der Waals surface area (Å²) >= 11 is 3.33. The lowest BCUT2D eigenvalue weighted by atomic mass is 10.1. The number of alkyl halides is 1. The fourth-order valence-electron chi connectivity index (χ4n) is 1.33. The summed E-state index contributed by atoms with van der Waals surface area (Å²) in [6.07, 6.45) is 1.51. The van der Waals surface area contributed by atoms with Crippen LogP contribution in [0.4, 0.5) is 5.69 Å². The van der Waals surface area contributed by atoms with Gasteiger partial charge in [-0.05, 0) is 18.6 Å². The van der Waals surface area contributed by atoms with Crippen LogP contribution in [0.2, 0.25) is 0 Å². The Balaban J connectivity index is 2.76. The zero-order valence-corrected chi connectivity index (χ0v) is 10.8. The molecule has 0 saturated heterocycles. The molecule has 0 aliphatic carbocycles. The van der Waals surface area contributed by atoms with Crippen LogP contribution < -0.4 is 4.90 Å². The lowest BCUT2D eigenvalue weighted by molar-refractivity contribution is 0.0982. The first-order valence-corrected chi connectivity index (χ1v) is 6.14. The van der Waals surface area contributed by atoms with E-state index in [4.69, 9.17) is 0 Å². The lowest BCUT2D eigenvalue weighted by Crippen LogP contribution is -2.09. The standard InChI is InChI=1S/C12H16BrNO/c1-14(2)11-6-3-5-10(9-11)12(15)7-4-8-13/h3,5-6,9H,4,7-8H2,1-2H3. The molecule has 15 heavy (non-hydrogen) atoms. The van der Waals surface area contributed by atoms with E-state index < -0.39 is 0 Å². The van der Waals surface area contributed by atoms with E-state index in [1.807, 2.05) is 43.3 Å². The highest BCUT2D eigenvalue weighted by atomic mass is 79.9. The summed E-state index contributed by atoms with van der Waals surface area (Å²) in [6.45, 7) is 0. The van der Waals surface area contributed by atoms with Gasteiger partial charge in [0.2, 0.25) is 0 Å². The van der Waals surface area contributed by atoms with Crippen LogP contribution in [0, 0.1) is 0 Å². The number of halogens is 1. The minimum absolute atomic E-state index is 0.221. The van der Waals surface area contributed by atoms with Crippen molar-refractivity contribution in [1.29, 1.82) is 0 Å². The SMILES string of the molecule is CN(C)c1cccc(C(=O)CCCBr)c1. The van der Waals surface area contributed by atoms with Crippen LogP contribution in [0.1, 0.15) is 23.2 Å². The molecule has 3 heteroatoms. The van der Waals surface area contributed by atoms with Gasteiger partial charge in [0.05, 0.1) is 0 Å². The Morgan fingerprint density at radius 2 is 2.13 bits per heavy atom. The maximum atomic E-state index is 11.7. The molecule has 0 atom stereocenters. The molecule has 0 aliphatic heterocycles. The van der Waals surface area contributed by atoms with Crippen molar-refractivity contribution in [2.75, 3.05) is 24.3 Å². The van der Waals surface area contributed by atoms with Crippen molar-refractivity contribution in [2.45, 2.75) is 12.8 Å². The molecule has 0 saturated carbocycles. The van der Waals surface area contributed by atoms with E-state index in [1.165, 1.54) is 0 Å². The highest BCUT2D eigenvalue weighted by molar-refractivity contribution is 9.09. The van der Waals surface area contributed by atoms with E-state index in [0.29, 0.717) is 6.42 Å². The van der Waals surface area contributed by atoms with Crippen molar-refractivity contribution < 1.29 is 4.79 Å². The number of benzene rings is 1. The quantitative estimate of drug-likeness (QED) is 0.605. The normalized spacial score (nSPS) is 10.1. The smallest absolute Gasteiger partial charge is 0.162 e. The summed E-state index contributed by atoms with van der Waals surface area (Å²) in [6, 6.07) is 7.75. The van der Waals surface area contributed by atoms with Gasteiger partial charge >= 0.3 is 0 Å². The lowest BCUT2D eigenvalue weighted by Gasteiger charge is -2.13. The maximum absolute atomic E-state index is 11.7. The van der Waals surface area contributed by atoms with Crippen LogP contribution in [0.5, 0.6) is 0 Å². The number of carbonyl (C=O) groups excluding carboxylic acids is 1. The Hall–Kier alpha value is -0.830. The van der Waals surface area contributed by atoms with Crippen molar-refractivity contribution in [1.82, 2.24) is 0 Å². The van der Waals surface area contributed by atoms with Gasteiger partial charge in [0.1, 0.15) is 0 Å². The molecule has 1 aromatic carbocycles. The molecular weight excluding hydrogens is 254 g/mol. The first-order chi connectivity index (χ1) is 7.15. The molecule has 82 valence electrons. The van der Waals surface area contributed by atoms with Crippen LogP contribution in [0.15, 0.2) is 24.3 Å².